The van der Waals surface area contributed by atoms with E-state index in [0.29, 0.717) is 0 Å². The molecule has 0 spiro atoms. The third-order valence-corrected chi connectivity index (χ3v) is 12.9. The second kappa shape index (κ2) is 28.5. The predicted octanol–water partition coefficient (Wildman–Crippen LogP) is 9.75. The van der Waals surface area contributed by atoms with Gasteiger partial charge in [0.1, 0.15) is 37.1 Å². The fourth-order valence-electron chi connectivity index (χ4n) is 9.05. The SMILES string of the molecule is C#CCO[C@H]1O[C@H](CO[C@H]2O[C@H](COCc3ccccc3)[C@@H](OCc3ccccc3)[C@H](OCc3ccccc3)[C@@H]2OCc2ccccc2)[C@@H](OC(=O)c2ccccc2)[C@H](OC(=O)c2ccccc2)[C@@H]1OC(=O)c1ccccc1. The monoisotopic (exact) mass is 1050 g/mol. The fourth-order valence-corrected chi connectivity index (χ4v) is 9.05. The number of benzene rings is 7. The molecule has 400 valence electrons. The smallest absolute Gasteiger partial charge is 0.338 e. The van der Waals surface area contributed by atoms with E-state index in [0.717, 1.165) is 22.3 Å². The maximum Gasteiger partial charge on any atom is 0.338 e. The van der Waals surface area contributed by atoms with Crippen molar-refractivity contribution in [3.05, 3.63) is 251 Å². The first kappa shape index (κ1) is 55.0. The molecule has 2 heterocycles. The molecule has 14 nitrogen and oxygen atoms in total. The summed E-state index contributed by atoms with van der Waals surface area (Å²) in [7, 11) is 0. The van der Waals surface area contributed by atoms with Crippen molar-refractivity contribution >= 4 is 17.9 Å². The summed E-state index contributed by atoms with van der Waals surface area (Å²) in [6, 6.07) is 63.6. The molecule has 7 aromatic rings. The van der Waals surface area contributed by atoms with Gasteiger partial charge in [-0.1, -0.05) is 182 Å². The lowest BCUT2D eigenvalue weighted by atomic mass is 9.96. The molecule has 14 heteroatoms. The third-order valence-electron chi connectivity index (χ3n) is 12.9. The van der Waals surface area contributed by atoms with Gasteiger partial charge < -0.3 is 52.1 Å². The number of terminal acetylenes is 1. The zero-order valence-corrected chi connectivity index (χ0v) is 42.7. The van der Waals surface area contributed by atoms with E-state index in [4.69, 9.17) is 58.5 Å². The summed E-state index contributed by atoms with van der Waals surface area (Å²) in [5.74, 6) is 0.0239. The molecule has 0 unspecified atom stereocenters. The number of rotatable bonds is 24. The Bertz CT molecular complexity index is 2950. The summed E-state index contributed by atoms with van der Waals surface area (Å²) in [6.45, 7) is 0.0547. The second-order valence-corrected chi connectivity index (χ2v) is 18.4. The van der Waals surface area contributed by atoms with Crippen molar-refractivity contribution in [2.24, 2.45) is 0 Å². The summed E-state index contributed by atoms with van der Waals surface area (Å²) in [6.07, 6.45) is -6.51. The maximum atomic E-state index is 14.3. The first-order valence-corrected chi connectivity index (χ1v) is 25.7. The zero-order valence-electron chi connectivity index (χ0n) is 42.7. The van der Waals surface area contributed by atoms with Crippen molar-refractivity contribution in [2.75, 3.05) is 19.8 Å². The Morgan fingerprint density at radius 3 is 1.14 bits per heavy atom. The Balaban J connectivity index is 1.10. The van der Waals surface area contributed by atoms with E-state index in [2.05, 4.69) is 5.92 Å². The topological polar surface area (TPSA) is 153 Å². The van der Waals surface area contributed by atoms with Crippen LogP contribution in [0.2, 0.25) is 0 Å². The van der Waals surface area contributed by atoms with Crippen LogP contribution in [0.1, 0.15) is 53.3 Å². The van der Waals surface area contributed by atoms with E-state index >= 15 is 0 Å². The minimum absolute atomic E-state index is 0.0377. The average Bonchev–Trinajstić information content (AvgIpc) is 3.55. The van der Waals surface area contributed by atoms with Crippen LogP contribution in [0.3, 0.4) is 0 Å². The highest BCUT2D eigenvalue weighted by Gasteiger charge is 2.55. The molecule has 78 heavy (non-hydrogen) atoms. The van der Waals surface area contributed by atoms with Gasteiger partial charge >= 0.3 is 17.9 Å². The predicted molar refractivity (Wildman–Crippen MR) is 286 cm³/mol. The molecule has 0 saturated carbocycles. The summed E-state index contributed by atoms with van der Waals surface area (Å²) in [5, 5.41) is 0. The molecule has 0 aromatic heterocycles. The molecule has 10 atom stereocenters. The highest BCUT2D eigenvalue weighted by atomic mass is 16.8. The second-order valence-electron chi connectivity index (χ2n) is 18.4. The van der Waals surface area contributed by atoms with Crippen molar-refractivity contribution in [3.8, 4) is 12.3 Å². The Hall–Kier alpha value is -7.81. The largest absolute Gasteiger partial charge is 0.452 e. The van der Waals surface area contributed by atoms with Gasteiger partial charge in [-0.2, -0.15) is 0 Å². The quantitative estimate of drug-likeness (QED) is 0.0321. The van der Waals surface area contributed by atoms with E-state index in [1.54, 1.807) is 91.0 Å². The lowest BCUT2D eigenvalue weighted by molar-refractivity contribution is -0.343. The van der Waals surface area contributed by atoms with Crippen LogP contribution in [0.4, 0.5) is 0 Å². The molecule has 2 aliphatic heterocycles. The number of hydrogen-bond acceptors (Lipinski definition) is 14. The highest BCUT2D eigenvalue weighted by Crippen LogP contribution is 2.35. The Kier molecular flexibility index (Phi) is 20.1. The van der Waals surface area contributed by atoms with Crippen LogP contribution >= 0.6 is 0 Å². The minimum atomic E-state index is -1.59. The molecule has 7 aromatic carbocycles. The van der Waals surface area contributed by atoms with E-state index in [-0.39, 0.29) is 56.3 Å². The molecule has 9 rings (SSSR count). The number of carbonyl (C=O) groups excluding carboxylic acids is 3. The summed E-state index contributed by atoms with van der Waals surface area (Å²) >= 11 is 0. The molecule has 2 fully saturated rings. The number of hydrogen-bond donors (Lipinski definition) is 0. The standard InChI is InChI=1S/C64H60O14/c1-2-38-69-64-59(78-62(67)51-36-22-9-23-37-51)57(77-61(66)50-34-20-8-21-35-50)55(76-60(65)49-32-18-7-19-33-49)53(75-64)44-73-63-58(72-42-48-30-16-6-17-31-48)56(71-41-47-28-14-5-15-29-47)54(70-40-46-26-12-4-13-27-46)52(74-63)43-68-39-45-24-10-3-11-25-45/h1,3-37,52-59,63-64H,38-44H2/t52-,53-,54-,55-,56+,57+,58+,59+,63+,64+/m1/s1. The Labute approximate surface area is 454 Å². The molecule has 2 aliphatic rings. The van der Waals surface area contributed by atoms with Gasteiger partial charge in [0.25, 0.3) is 0 Å². The number of carbonyl (C=O) groups is 3. The molecular formula is C64H60O14. The molecule has 0 N–H and O–H groups in total. The first-order valence-electron chi connectivity index (χ1n) is 25.7. The van der Waals surface area contributed by atoms with Crippen molar-refractivity contribution in [1.82, 2.24) is 0 Å². The summed E-state index contributed by atoms with van der Waals surface area (Å²) in [4.78, 5) is 42.6. The van der Waals surface area contributed by atoms with Crippen LogP contribution in [-0.4, -0.2) is 99.1 Å². The van der Waals surface area contributed by atoms with Gasteiger partial charge in [0, 0.05) is 0 Å². The minimum Gasteiger partial charge on any atom is -0.452 e. The van der Waals surface area contributed by atoms with Crippen LogP contribution in [0, 0.1) is 12.3 Å². The third kappa shape index (κ3) is 15.2. The number of esters is 3. The highest BCUT2D eigenvalue weighted by molar-refractivity contribution is 5.91. The van der Waals surface area contributed by atoms with Crippen molar-refractivity contribution in [3.63, 3.8) is 0 Å². The van der Waals surface area contributed by atoms with Crippen LogP contribution in [0.5, 0.6) is 0 Å². The maximum absolute atomic E-state index is 14.3. The molecule has 0 radical (unpaired) electrons. The lowest BCUT2D eigenvalue weighted by Crippen LogP contribution is -2.64. The first-order chi connectivity index (χ1) is 38.4. The van der Waals surface area contributed by atoms with Crippen LogP contribution < -0.4 is 0 Å². The molecule has 0 bridgehead atoms. The van der Waals surface area contributed by atoms with Crippen molar-refractivity contribution in [2.45, 2.75) is 87.8 Å². The van der Waals surface area contributed by atoms with E-state index in [1.165, 1.54) is 0 Å². The lowest BCUT2D eigenvalue weighted by Gasteiger charge is -2.47. The van der Waals surface area contributed by atoms with Crippen LogP contribution in [0.25, 0.3) is 0 Å². The van der Waals surface area contributed by atoms with Crippen LogP contribution in [-0.2, 0) is 78.5 Å². The molecule has 0 amide bonds. The summed E-state index contributed by atoms with van der Waals surface area (Å²) < 4.78 is 72.6. The normalized spacial score (nSPS) is 22.8. The molecular weight excluding hydrogens is 993 g/mol. The average molecular weight is 1050 g/mol. The zero-order chi connectivity index (χ0) is 53.7. The van der Waals surface area contributed by atoms with Gasteiger partial charge in [0.15, 0.2) is 30.9 Å². The van der Waals surface area contributed by atoms with E-state index in [9.17, 15) is 14.4 Å². The van der Waals surface area contributed by atoms with Gasteiger partial charge in [-0.25, -0.2) is 14.4 Å². The molecule has 0 aliphatic carbocycles. The molecule has 2 saturated heterocycles. The fraction of sp³-hybridized carbons (Fsp3) is 0.266. The van der Waals surface area contributed by atoms with Gasteiger partial charge in [-0.05, 0) is 58.7 Å². The van der Waals surface area contributed by atoms with Gasteiger partial charge in [0.2, 0.25) is 0 Å². The summed E-state index contributed by atoms with van der Waals surface area (Å²) in [5.41, 5.74) is 4.16. The number of ether oxygens (including phenoxy) is 11. The van der Waals surface area contributed by atoms with E-state index < -0.39 is 85.9 Å². The van der Waals surface area contributed by atoms with Gasteiger partial charge in [-0.15, -0.1) is 6.42 Å². The van der Waals surface area contributed by atoms with Gasteiger partial charge in [0.05, 0.1) is 56.3 Å². The van der Waals surface area contributed by atoms with E-state index in [1.807, 2.05) is 121 Å². The van der Waals surface area contributed by atoms with Crippen molar-refractivity contribution < 1.29 is 66.5 Å². The Morgan fingerprint density at radius 2 is 0.705 bits per heavy atom. The Morgan fingerprint density at radius 1 is 0.359 bits per heavy atom. The van der Waals surface area contributed by atoms with Crippen LogP contribution in [0.15, 0.2) is 212 Å². The van der Waals surface area contributed by atoms with Crippen molar-refractivity contribution in [1.29, 1.82) is 0 Å². The van der Waals surface area contributed by atoms with Gasteiger partial charge in [-0.3, -0.25) is 0 Å².